The van der Waals surface area contributed by atoms with Gasteiger partial charge in [0.2, 0.25) is 0 Å². The van der Waals surface area contributed by atoms with Crippen LogP contribution in [0.1, 0.15) is 6.42 Å². The Morgan fingerprint density at radius 2 is 1.88 bits per heavy atom. The molecule has 0 aliphatic carbocycles. The highest BCUT2D eigenvalue weighted by Crippen LogP contribution is 2.33. The van der Waals surface area contributed by atoms with Gasteiger partial charge >= 0.3 is 0 Å². The monoisotopic (exact) mass is 361 g/mol. The largest absolute Gasteiger partial charge is 0.347 e. The van der Waals surface area contributed by atoms with Crippen molar-refractivity contribution in [2.45, 2.75) is 13.0 Å². The Labute approximate surface area is 158 Å². The molecule has 3 heterocycles. The minimum atomic E-state index is 1.02. The van der Waals surface area contributed by atoms with Gasteiger partial charge in [-0.1, -0.05) is 18.2 Å². The van der Waals surface area contributed by atoms with Crippen molar-refractivity contribution < 1.29 is 0 Å². The third-order valence-electron chi connectivity index (χ3n) is 4.70. The molecule has 0 unspecified atom stereocenters. The smallest absolute Gasteiger partial charge is 0.0486 e. The molecule has 0 fully saturated rings. The molecule has 0 bridgehead atoms. The van der Waals surface area contributed by atoms with Gasteiger partial charge in [0.25, 0.3) is 0 Å². The van der Waals surface area contributed by atoms with Crippen LogP contribution in [0.5, 0.6) is 0 Å². The molecule has 0 radical (unpaired) electrons. The quantitative estimate of drug-likeness (QED) is 0.459. The van der Waals surface area contributed by atoms with Crippen LogP contribution in [0.3, 0.4) is 0 Å². The molecule has 0 N–H and O–H groups in total. The molecule has 0 aliphatic rings. The van der Waals surface area contributed by atoms with E-state index < -0.39 is 0 Å². The average Bonchev–Trinajstić information content (AvgIpc) is 3.30. The van der Waals surface area contributed by atoms with Crippen molar-refractivity contribution in [2.75, 3.05) is 20.6 Å². The maximum absolute atomic E-state index is 4.51. The van der Waals surface area contributed by atoms with Crippen LogP contribution in [-0.4, -0.2) is 35.1 Å². The standard InChI is InChI=1S/C22H23N3S/c1-24(2)9-5-10-25-15-21(20-6-3-4-7-22(20)25)19-12-18(13-23-14-19)17-8-11-26-16-17/h3-4,6-8,11-16H,5,9-10H2,1-2H3. The van der Waals surface area contributed by atoms with Crippen LogP contribution in [0.2, 0.25) is 0 Å². The summed E-state index contributed by atoms with van der Waals surface area (Å²) in [6.07, 6.45) is 7.34. The number of aromatic nitrogens is 2. The molecule has 132 valence electrons. The van der Waals surface area contributed by atoms with E-state index >= 15 is 0 Å². The van der Waals surface area contributed by atoms with Gasteiger partial charge in [-0.3, -0.25) is 4.98 Å². The second-order valence-corrected chi connectivity index (χ2v) is 7.66. The predicted octanol–water partition coefficient (Wildman–Crippen LogP) is 5.38. The SMILES string of the molecule is CN(C)CCCn1cc(-c2cncc(-c3ccsc3)c2)c2ccccc21. The Morgan fingerprint density at radius 3 is 2.69 bits per heavy atom. The highest BCUT2D eigenvalue weighted by molar-refractivity contribution is 7.08. The fraction of sp³-hybridized carbons (Fsp3) is 0.227. The van der Waals surface area contributed by atoms with Gasteiger partial charge in [-0.15, -0.1) is 0 Å². The van der Waals surface area contributed by atoms with Gasteiger partial charge in [0.1, 0.15) is 0 Å². The molecular formula is C22H23N3S. The number of thiophene rings is 1. The Balaban J connectivity index is 1.74. The Morgan fingerprint density at radius 1 is 1.04 bits per heavy atom. The minimum absolute atomic E-state index is 1.02. The van der Waals surface area contributed by atoms with E-state index in [2.05, 4.69) is 81.9 Å². The van der Waals surface area contributed by atoms with E-state index in [1.165, 1.54) is 33.2 Å². The van der Waals surface area contributed by atoms with Gasteiger partial charge in [0.05, 0.1) is 0 Å². The third kappa shape index (κ3) is 3.43. The molecule has 0 aliphatic heterocycles. The van der Waals surface area contributed by atoms with Crippen LogP contribution >= 0.6 is 11.3 Å². The normalized spacial score (nSPS) is 11.5. The van der Waals surface area contributed by atoms with E-state index in [1.807, 2.05) is 12.4 Å². The first kappa shape index (κ1) is 17.0. The van der Waals surface area contributed by atoms with Gasteiger partial charge in [-0.2, -0.15) is 11.3 Å². The Bertz CT molecular complexity index is 999. The van der Waals surface area contributed by atoms with Crippen molar-refractivity contribution in [3.8, 4) is 22.3 Å². The molecule has 0 atom stereocenters. The summed E-state index contributed by atoms with van der Waals surface area (Å²) in [6.45, 7) is 2.12. The molecular weight excluding hydrogens is 338 g/mol. The van der Waals surface area contributed by atoms with Gasteiger partial charge in [-0.05, 0) is 61.6 Å². The Hall–Kier alpha value is -2.43. The van der Waals surface area contributed by atoms with Crippen LogP contribution in [0.4, 0.5) is 0 Å². The number of aryl methyl sites for hydroxylation is 1. The zero-order valence-corrected chi connectivity index (χ0v) is 16.0. The average molecular weight is 362 g/mol. The second kappa shape index (κ2) is 7.44. The Kier molecular flexibility index (Phi) is 4.87. The highest BCUT2D eigenvalue weighted by Gasteiger charge is 2.11. The summed E-state index contributed by atoms with van der Waals surface area (Å²) >= 11 is 1.72. The molecule has 0 saturated heterocycles. The zero-order valence-electron chi connectivity index (χ0n) is 15.2. The van der Waals surface area contributed by atoms with Gasteiger partial charge in [0.15, 0.2) is 0 Å². The van der Waals surface area contributed by atoms with Crippen molar-refractivity contribution in [3.05, 3.63) is 65.7 Å². The van der Waals surface area contributed by atoms with E-state index in [9.17, 15) is 0 Å². The highest BCUT2D eigenvalue weighted by atomic mass is 32.1. The lowest BCUT2D eigenvalue weighted by atomic mass is 10.0. The lowest BCUT2D eigenvalue weighted by Crippen LogP contribution is -2.14. The van der Waals surface area contributed by atoms with E-state index in [0.29, 0.717) is 0 Å². The molecule has 3 aromatic heterocycles. The summed E-state index contributed by atoms with van der Waals surface area (Å²) < 4.78 is 2.38. The first-order valence-electron chi connectivity index (χ1n) is 8.93. The molecule has 0 amide bonds. The predicted molar refractivity (Wildman–Crippen MR) is 112 cm³/mol. The van der Waals surface area contributed by atoms with Crippen molar-refractivity contribution in [2.24, 2.45) is 0 Å². The molecule has 26 heavy (non-hydrogen) atoms. The lowest BCUT2D eigenvalue weighted by Gasteiger charge is -2.10. The fourth-order valence-corrected chi connectivity index (χ4v) is 4.06. The number of rotatable bonds is 6. The number of para-hydroxylation sites is 1. The fourth-order valence-electron chi connectivity index (χ4n) is 3.39. The van der Waals surface area contributed by atoms with E-state index in [1.54, 1.807) is 11.3 Å². The van der Waals surface area contributed by atoms with Gasteiger partial charge < -0.3 is 9.47 Å². The summed E-state index contributed by atoms with van der Waals surface area (Å²) in [7, 11) is 4.25. The lowest BCUT2D eigenvalue weighted by molar-refractivity contribution is 0.388. The summed E-state index contributed by atoms with van der Waals surface area (Å²) in [5.74, 6) is 0. The van der Waals surface area contributed by atoms with Gasteiger partial charge in [-0.25, -0.2) is 0 Å². The maximum atomic E-state index is 4.51. The number of benzene rings is 1. The van der Waals surface area contributed by atoms with E-state index in [0.717, 1.165) is 19.5 Å². The van der Waals surface area contributed by atoms with Crippen LogP contribution in [0.25, 0.3) is 33.2 Å². The van der Waals surface area contributed by atoms with Crippen LogP contribution < -0.4 is 0 Å². The van der Waals surface area contributed by atoms with Crippen molar-refractivity contribution in [3.63, 3.8) is 0 Å². The molecule has 0 spiro atoms. The first-order chi connectivity index (χ1) is 12.7. The summed E-state index contributed by atoms with van der Waals surface area (Å²) in [5, 5.41) is 5.57. The molecule has 4 heteroatoms. The summed E-state index contributed by atoms with van der Waals surface area (Å²) in [5.41, 5.74) is 6.14. The first-order valence-corrected chi connectivity index (χ1v) is 9.87. The number of nitrogens with zero attached hydrogens (tertiary/aromatic N) is 3. The number of fused-ring (bicyclic) bond motifs is 1. The number of hydrogen-bond donors (Lipinski definition) is 0. The van der Waals surface area contributed by atoms with E-state index in [-0.39, 0.29) is 0 Å². The minimum Gasteiger partial charge on any atom is -0.347 e. The molecule has 1 aromatic carbocycles. The van der Waals surface area contributed by atoms with E-state index in [4.69, 9.17) is 0 Å². The number of hydrogen-bond acceptors (Lipinski definition) is 3. The number of pyridine rings is 1. The molecule has 3 nitrogen and oxygen atoms in total. The van der Waals surface area contributed by atoms with Crippen LogP contribution in [0.15, 0.2) is 65.7 Å². The summed E-state index contributed by atoms with van der Waals surface area (Å²) in [6, 6.07) is 13.1. The maximum Gasteiger partial charge on any atom is 0.0486 e. The van der Waals surface area contributed by atoms with Crippen LogP contribution in [-0.2, 0) is 6.54 Å². The molecule has 4 rings (SSSR count). The van der Waals surface area contributed by atoms with Crippen molar-refractivity contribution in [1.82, 2.24) is 14.5 Å². The molecule has 4 aromatic rings. The third-order valence-corrected chi connectivity index (χ3v) is 5.38. The van der Waals surface area contributed by atoms with Crippen molar-refractivity contribution in [1.29, 1.82) is 0 Å². The zero-order chi connectivity index (χ0) is 17.9. The van der Waals surface area contributed by atoms with Crippen LogP contribution in [0, 0.1) is 0 Å². The van der Waals surface area contributed by atoms with Gasteiger partial charge in [0, 0.05) is 52.7 Å². The summed E-state index contributed by atoms with van der Waals surface area (Å²) in [4.78, 5) is 6.74. The second-order valence-electron chi connectivity index (χ2n) is 6.88. The molecule has 0 saturated carbocycles. The van der Waals surface area contributed by atoms with Crippen molar-refractivity contribution >= 4 is 22.2 Å². The topological polar surface area (TPSA) is 21.1 Å².